The van der Waals surface area contributed by atoms with Crippen LogP contribution < -0.4 is 5.73 Å². The first-order valence-corrected chi connectivity index (χ1v) is 4.76. The molecule has 4 heteroatoms. The molecule has 0 spiro atoms. The second kappa shape index (κ2) is 3.89. The number of hydrogen-bond donors (Lipinski definition) is 1. The Bertz CT molecular complexity index is 539. The minimum atomic E-state index is -0.662. The molecule has 0 radical (unpaired) electrons. The van der Waals surface area contributed by atoms with Crippen molar-refractivity contribution in [2.45, 2.75) is 6.92 Å². The van der Waals surface area contributed by atoms with E-state index in [1.54, 1.807) is 12.3 Å². The molecule has 2 nitrogen and oxygen atoms in total. The topological polar surface area (TPSA) is 38.9 Å². The molecule has 0 fully saturated rings. The Morgan fingerprint density at radius 2 is 1.94 bits per heavy atom. The molecule has 0 aliphatic carbocycles. The van der Waals surface area contributed by atoms with E-state index in [-0.39, 0.29) is 5.56 Å². The van der Waals surface area contributed by atoms with Crippen molar-refractivity contribution in [2.24, 2.45) is 0 Å². The van der Waals surface area contributed by atoms with E-state index in [1.165, 1.54) is 12.1 Å². The number of nitrogens with zero attached hydrogens (tertiary/aromatic N) is 1. The summed E-state index contributed by atoms with van der Waals surface area (Å²) in [5, 5.41) is 0. The van der Waals surface area contributed by atoms with Crippen molar-refractivity contribution in [2.75, 3.05) is 5.73 Å². The number of rotatable bonds is 1. The number of pyridine rings is 1. The van der Waals surface area contributed by atoms with E-state index in [0.29, 0.717) is 11.4 Å². The Kier molecular flexibility index (Phi) is 2.56. The van der Waals surface area contributed by atoms with Gasteiger partial charge in [0.25, 0.3) is 0 Å². The quantitative estimate of drug-likeness (QED) is 0.802. The van der Waals surface area contributed by atoms with Crippen LogP contribution >= 0.6 is 0 Å². The molecule has 16 heavy (non-hydrogen) atoms. The molecular weight excluding hydrogens is 210 g/mol. The SMILES string of the molecule is Cc1ccnc(-c2ccc(F)cc2F)c1N. The highest BCUT2D eigenvalue weighted by Gasteiger charge is 2.11. The lowest BCUT2D eigenvalue weighted by Crippen LogP contribution is -1.98. The first kappa shape index (κ1) is 10.5. The van der Waals surface area contributed by atoms with Crippen molar-refractivity contribution in [3.05, 3.63) is 47.7 Å². The summed E-state index contributed by atoms with van der Waals surface area (Å²) in [6, 6.07) is 5.07. The van der Waals surface area contributed by atoms with Gasteiger partial charge in [-0.3, -0.25) is 4.98 Å². The maximum Gasteiger partial charge on any atom is 0.135 e. The Labute approximate surface area is 91.7 Å². The Morgan fingerprint density at radius 3 is 2.62 bits per heavy atom. The van der Waals surface area contributed by atoms with Gasteiger partial charge in [0.15, 0.2) is 0 Å². The van der Waals surface area contributed by atoms with Crippen LogP contribution in [0.5, 0.6) is 0 Å². The highest BCUT2D eigenvalue weighted by Crippen LogP contribution is 2.28. The van der Waals surface area contributed by atoms with Crippen LogP contribution in [0.15, 0.2) is 30.5 Å². The van der Waals surface area contributed by atoms with Gasteiger partial charge in [-0.05, 0) is 30.7 Å². The van der Waals surface area contributed by atoms with Crippen LogP contribution in [0.4, 0.5) is 14.5 Å². The first-order valence-electron chi connectivity index (χ1n) is 4.76. The molecule has 0 atom stereocenters. The number of nitrogens with two attached hydrogens (primary N) is 1. The number of nitrogen functional groups attached to an aromatic ring is 1. The lowest BCUT2D eigenvalue weighted by Gasteiger charge is -2.08. The van der Waals surface area contributed by atoms with Crippen LogP contribution in [0.3, 0.4) is 0 Å². The molecule has 2 rings (SSSR count). The number of benzene rings is 1. The summed E-state index contributed by atoms with van der Waals surface area (Å²) in [7, 11) is 0. The molecule has 1 aromatic heterocycles. The van der Waals surface area contributed by atoms with Crippen molar-refractivity contribution < 1.29 is 8.78 Å². The summed E-state index contributed by atoms with van der Waals surface area (Å²) in [6.07, 6.45) is 1.55. The van der Waals surface area contributed by atoms with E-state index in [2.05, 4.69) is 4.98 Å². The molecule has 0 bridgehead atoms. The van der Waals surface area contributed by atoms with E-state index < -0.39 is 11.6 Å². The zero-order valence-corrected chi connectivity index (χ0v) is 8.67. The standard InChI is InChI=1S/C12H10F2N2/c1-7-4-5-16-12(11(7)15)9-3-2-8(13)6-10(9)14/h2-6H,15H2,1H3. The highest BCUT2D eigenvalue weighted by molar-refractivity contribution is 5.74. The smallest absolute Gasteiger partial charge is 0.135 e. The minimum absolute atomic E-state index is 0.211. The van der Waals surface area contributed by atoms with Gasteiger partial charge in [0.05, 0.1) is 11.4 Å². The Morgan fingerprint density at radius 1 is 1.19 bits per heavy atom. The molecular formula is C12H10F2N2. The lowest BCUT2D eigenvalue weighted by molar-refractivity contribution is 0.585. The second-order valence-corrected chi connectivity index (χ2v) is 3.51. The summed E-state index contributed by atoms with van der Waals surface area (Å²) in [6.45, 7) is 1.81. The summed E-state index contributed by atoms with van der Waals surface area (Å²) in [5.41, 5.74) is 7.58. The zero-order chi connectivity index (χ0) is 11.7. The van der Waals surface area contributed by atoms with Gasteiger partial charge in [-0.15, -0.1) is 0 Å². The minimum Gasteiger partial charge on any atom is -0.397 e. The number of anilines is 1. The van der Waals surface area contributed by atoms with Crippen LogP contribution in [-0.2, 0) is 0 Å². The van der Waals surface area contributed by atoms with Crippen LogP contribution in [0.1, 0.15) is 5.56 Å². The molecule has 2 N–H and O–H groups in total. The van der Waals surface area contributed by atoms with Gasteiger partial charge < -0.3 is 5.73 Å². The molecule has 0 aliphatic rings. The average molecular weight is 220 g/mol. The monoisotopic (exact) mass is 220 g/mol. The van der Waals surface area contributed by atoms with Crippen LogP contribution in [0, 0.1) is 18.6 Å². The maximum absolute atomic E-state index is 13.5. The highest BCUT2D eigenvalue weighted by atomic mass is 19.1. The molecule has 82 valence electrons. The van der Waals surface area contributed by atoms with Crippen molar-refractivity contribution in [3.63, 3.8) is 0 Å². The van der Waals surface area contributed by atoms with Gasteiger partial charge in [-0.25, -0.2) is 8.78 Å². The molecule has 1 aromatic carbocycles. The van der Waals surface area contributed by atoms with Gasteiger partial charge >= 0.3 is 0 Å². The zero-order valence-electron chi connectivity index (χ0n) is 8.67. The third-order valence-corrected chi connectivity index (χ3v) is 2.39. The first-order chi connectivity index (χ1) is 7.59. The van der Waals surface area contributed by atoms with Crippen molar-refractivity contribution in [1.29, 1.82) is 0 Å². The van der Waals surface area contributed by atoms with Crippen LogP contribution in [-0.4, -0.2) is 4.98 Å². The van der Waals surface area contributed by atoms with Crippen LogP contribution in [0.2, 0.25) is 0 Å². The third kappa shape index (κ3) is 1.74. The van der Waals surface area contributed by atoms with E-state index >= 15 is 0 Å². The second-order valence-electron chi connectivity index (χ2n) is 3.51. The van der Waals surface area contributed by atoms with Crippen LogP contribution in [0.25, 0.3) is 11.3 Å². The summed E-state index contributed by atoms with van der Waals surface area (Å²) in [5.74, 6) is -1.28. The summed E-state index contributed by atoms with van der Waals surface area (Å²) in [4.78, 5) is 4.01. The van der Waals surface area contributed by atoms with Crippen molar-refractivity contribution >= 4 is 5.69 Å². The molecule has 0 unspecified atom stereocenters. The third-order valence-electron chi connectivity index (χ3n) is 2.39. The number of hydrogen-bond acceptors (Lipinski definition) is 2. The Hall–Kier alpha value is -1.97. The lowest BCUT2D eigenvalue weighted by atomic mass is 10.1. The molecule has 1 heterocycles. The fourth-order valence-corrected chi connectivity index (χ4v) is 1.47. The maximum atomic E-state index is 13.5. The van der Waals surface area contributed by atoms with Gasteiger partial charge in [0, 0.05) is 17.8 Å². The van der Waals surface area contributed by atoms with E-state index in [1.807, 2.05) is 6.92 Å². The predicted octanol–water partition coefficient (Wildman–Crippen LogP) is 2.92. The van der Waals surface area contributed by atoms with Crippen molar-refractivity contribution in [3.8, 4) is 11.3 Å². The van der Waals surface area contributed by atoms with E-state index in [4.69, 9.17) is 5.73 Å². The number of aromatic nitrogens is 1. The number of halogens is 2. The van der Waals surface area contributed by atoms with Gasteiger partial charge in [0.2, 0.25) is 0 Å². The normalized spacial score (nSPS) is 10.4. The molecule has 0 saturated carbocycles. The van der Waals surface area contributed by atoms with Gasteiger partial charge in [0.1, 0.15) is 11.6 Å². The number of aryl methyl sites for hydroxylation is 1. The van der Waals surface area contributed by atoms with Gasteiger partial charge in [-0.2, -0.15) is 0 Å². The largest absolute Gasteiger partial charge is 0.397 e. The van der Waals surface area contributed by atoms with E-state index in [9.17, 15) is 8.78 Å². The van der Waals surface area contributed by atoms with Crippen molar-refractivity contribution in [1.82, 2.24) is 4.98 Å². The predicted molar refractivity (Wildman–Crippen MR) is 58.7 cm³/mol. The summed E-state index contributed by atoms with van der Waals surface area (Å²) < 4.78 is 26.3. The summed E-state index contributed by atoms with van der Waals surface area (Å²) >= 11 is 0. The fourth-order valence-electron chi connectivity index (χ4n) is 1.47. The van der Waals surface area contributed by atoms with Gasteiger partial charge in [-0.1, -0.05) is 0 Å². The average Bonchev–Trinajstić information content (AvgIpc) is 2.23. The Balaban J connectivity index is 2.63. The fraction of sp³-hybridized carbons (Fsp3) is 0.0833. The molecule has 2 aromatic rings. The molecule has 0 aliphatic heterocycles. The van der Waals surface area contributed by atoms with E-state index in [0.717, 1.165) is 11.6 Å². The molecule has 0 amide bonds. The molecule has 0 saturated heterocycles.